The Morgan fingerprint density at radius 3 is 2.81 bits per heavy atom. The Morgan fingerprint density at radius 1 is 1.44 bits per heavy atom. The van der Waals surface area contributed by atoms with Crippen LogP contribution in [0, 0.1) is 22.6 Å². The quantitative estimate of drug-likeness (QED) is 0.459. The molecule has 1 aromatic carbocycles. The highest BCUT2D eigenvalue weighted by atomic mass is 19.1. The summed E-state index contributed by atoms with van der Waals surface area (Å²) in [7, 11) is 1.55. The van der Waals surface area contributed by atoms with Crippen LogP contribution < -0.4 is 5.32 Å². The van der Waals surface area contributed by atoms with E-state index in [2.05, 4.69) is 10.4 Å². The normalized spacial score (nSPS) is 14.8. The van der Waals surface area contributed by atoms with E-state index in [4.69, 9.17) is 20.1 Å². The van der Waals surface area contributed by atoms with E-state index >= 15 is 0 Å². The zero-order chi connectivity index (χ0) is 19.4. The Labute approximate surface area is 154 Å². The number of hydrogen-bond donors (Lipinski definition) is 2. The van der Waals surface area contributed by atoms with E-state index in [1.54, 1.807) is 7.05 Å². The summed E-state index contributed by atoms with van der Waals surface area (Å²) in [6.07, 6.45) is 1.45. The van der Waals surface area contributed by atoms with Gasteiger partial charge in [-0.15, -0.1) is 0 Å². The number of nitrogens with zero attached hydrogens (tertiary/aromatic N) is 3. The van der Waals surface area contributed by atoms with E-state index in [0.717, 1.165) is 6.21 Å². The second kappa shape index (κ2) is 7.90. The van der Waals surface area contributed by atoms with Crippen LogP contribution in [0.4, 0.5) is 10.1 Å². The van der Waals surface area contributed by atoms with Gasteiger partial charge in [0.2, 0.25) is 5.78 Å². The van der Waals surface area contributed by atoms with Crippen LogP contribution in [-0.2, 0) is 16.5 Å². The summed E-state index contributed by atoms with van der Waals surface area (Å²) in [6.45, 7) is 0.765. The van der Waals surface area contributed by atoms with Crippen molar-refractivity contribution in [2.75, 3.05) is 18.5 Å². The number of nitrogens with one attached hydrogen (secondary N) is 2. The molecule has 0 amide bonds. The molecule has 0 unspecified atom stereocenters. The largest absolute Gasteiger partial charge is 0.352 e. The minimum absolute atomic E-state index is 0.0402. The molecule has 0 radical (unpaired) electrons. The Hall–Kier alpha value is -3.35. The first-order valence-corrected chi connectivity index (χ1v) is 8.02. The smallest absolute Gasteiger partial charge is 0.229 e. The molecule has 1 aliphatic heterocycles. The van der Waals surface area contributed by atoms with Gasteiger partial charge in [0.15, 0.2) is 6.29 Å². The highest BCUT2D eigenvalue weighted by Gasteiger charge is 2.24. The summed E-state index contributed by atoms with van der Waals surface area (Å²) in [5.41, 5.74) is 1.11. The van der Waals surface area contributed by atoms with Crippen LogP contribution in [0.15, 0.2) is 36.0 Å². The number of hydrogen-bond acceptors (Lipinski definition) is 7. The first-order chi connectivity index (χ1) is 13.0. The maximum absolute atomic E-state index is 13.7. The lowest BCUT2D eigenvalue weighted by atomic mass is 10.1. The van der Waals surface area contributed by atoms with E-state index in [1.165, 1.54) is 35.0 Å². The number of Topliss-reactive ketones (excluding diaryl/α,β-unsaturated/α-hetero) is 1. The summed E-state index contributed by atoms with van der Waals surface area (Å²) in [4.78, 5) is 12.8. The summed E-state index contributed by atoms with van der Waals surface area (Å²) < 4.78 is 25.8. The Kier molecular flexibility index (Phi) is 5.40. The predicted molar refractivity (Wildman–Crippen MR) is 93.8 cm³/mol. The molecule has 0 bridgehead atoms. The Morgan fingerprint density at radius 2 is 2.19 bits per heavy atom. The van der Waals surface area contributed by atoms with Crippen LogP contribution in [-0.4, -0.2) is 35.0 Å². The topological polar surface area (TPSA) is 113 Å². The van der Waals surface area contributed by atoms with Crippen LogP contribution >= 0.6 is 0 Å². The molecule has 27 heavy (non-hydrogen) atoms. The number of carbonyl (C=O) groups is 1. The lowest BCUT2D eigenvalue weighted by Gasteiger charge is -2.17. The van der Waals surface area contributed by atoms with E-state index in [9.17, 15) is 9.18 Å². The average molecular weight is 369 g/mol. The van der Waals surface area contributed by atoms with Crippen LogP contribution in [0.5, 0.6) is 0 Å². The van der Waals surface area contributed by atoms with Crippen LogP contribution in [0.25, 0.3) is 0 Å². The molecular weight excluding hydrogens is 353 g/mol. The van der Waals surface area contributed by atoms with Crippen molar-refractivity contribution < 1.29 is 18.7 Å². The number of benzene rings is 1. The molecule has 1 aliphatic rings. The van der Waals surface area contributed by atoms with Gasteiger partial charge >= 0.3 is 0 Å². The molecule has 1 saturated heterocycles. The monoisotopic (exact) mass is 369 g/mol. The molecule has 3 rings (SSSR count). The molecule has 2 aromatic rings. The molecule has 138 valence electrons. The molecule has 1 fully saturated rings. The summed E-state index contributed by atoms with van der Waals surface area (Å²) in [5.74, 6) is -0.985. The van der Waals surface area contributed by atoms with E-state index in [-0.39, 0.29) is 17.1 Å². The van der Waals surface area contributed by atoms with Crippen molar-refractivity contribution in [3.05, 3.63) is 58.8 Å². The van der Waals surface area contributed by atoms with Gasteiger partial charge in [0.25, 0.3) is 0 Å². The third-order valence-electron chi connectivity index (χ3n) is 3.88. The van der Waals surface area contributed by atoms with Crippen molar-refractivity contribution in [2.24, 2.45) is 7.05 Å². The first-order valence-electron chi connectivity index (χ1n) is 8.02. The number of aryl methyl sites for hydroxylation is 1. The number of allylic oxidation sites excluding steroid dienone is 2. The standard InChI is InChI=1S/C18H16FN5O3/c1-24-12(10-21)9-16(23-24)17(25)15(4-5-20)22-14-3-2-11(19)8-13(14)18-26-6-7-27-18/h2-5,8-9,18,20,22H,6-7H2,1H3/b15-4-,20-5?. The number of nitriles is 1. The Balaban J connectivity index is 1.93. The molecule has 0 aliphatic carbocycles. The highest BCUT2D eigenvalue weighted by Crippen LogP contribution is 2.31. The molecule has 0 spiro atoms. The molecule has 2 heterocycles. The van der Waals surface area contributed by atoms with Crippen molar-refractivity contribution >= 4 is 17.7 Å². The van der Waals surface area contributed by atoms with Gasteiger partial charge < -0.3 is 20.2 Å². The van der Waals surface area contributed by atoms with Gasteiger partial charge in [-0.25, -0.2) is 4.39 Å². The number of halogens is 1. The van der Waals surface area contributed by atoms with Gasteiger partial charge in [0.05, 0.1) is 18.9 Å². The van der Waals surface area contributed by atoms with Crippen LogP contribution in [0.3, 0.4) is 0 Å². The van der Waals surface area contributed by atoms with E-state index < -0.39 is 17.9 Å². The first kappa shape index (κ1) is 18.4. The van der Waals surface area contributed by atoms with Gasteiger partial charge in [0, 0.05) is 30.6 Å². The highest BCUT2D eigenvalue weighted by molar-refractivity contribution is 6.11. The lowest BCUT2D eigenvalue weighted by molar-refractivity contribution is -0.0437. The van der Waals surface area contributed by atoms with Crippen molar-refractivity contribution in [2.45, 2.75) is 6.29 Å². The van der Waals surface area contributed by atoms with Crippen LogP contribution in [0.1, 0.15) is 28.0 Å². The minimum atomic E-state index is -0.750. The third-order valence-corrected chi connectivity index (χ3v) is 3.88. The maximum atomic E-state index is 13.7. The van der Waals surface area contributed by atoms with Crippen molar-refractivity contribution in [3.8, 4) is 6.07 Å². The second-order valence-electron chi connectivity index (χ2n) is 5.66. The van der Waals surface area contributed by atoms with Gasteiger partial charge in [-0.2, -0.15) is 10.4 Å². The number of ketones is 1. The van der Waals surface area contributed by atoms with E-state index in [1.807, 2.05) is 6.07 Å². The van der Waals surface area contributed by atoms with Crippen molar-refractivity contribution in [1.82, 2.24) is 9.78 Å². The maximum Gasteiger partial charge on any atom is 0.229 e. The third kappa shape index (κ3) is 3.92. The summed E-state index contributed by atoms with van der Waals surface area (Å²) >= 11 is 0. The fraction of sp³-hybridized carbons (Fsp3) is 0.222. The average Bonchev–Trinajstić information content (AvgIpc) is 3.31. The molecule has 0 saturated carbocycles. The van der Waals surface area contributed by atoms with Crippen molar-refractivity contribution in [1.29, 1.82) is 10.7 Å². The molecule has 2 N–H and O–H groups in total. The minimum Gasteiger partial charge on any atom is -0.352 e. The van der Waals surface area contributed by atoms with Gasteiger partial charge in [-0.3, -0.25) is 9.48 Å². The zero-order valence-electron chi connectivity index (χ0n) is 14.4. The fourth-order valence-corrected chi connectivity index (χ4v) is 2.60. The predicted octanol–water partition coefficient (Wildman–Crippen LogP) is 2.30. The molecule has 1 aromatic heterocycles. The molecule has 8 nitrogen and oxygen atoms in total. The van der Waals surface area contributed by atoms with Gasteiger partial charge in [0.1, 0.15) is 23.3 Å². The zero-order valence-corrected chi connectivity index (χ0v) is 14.4. The number of aromatic nitrogens is 2. The molecule has 0 atom stereocenters. The number of rotatable bonds is 6. The number of anilines is 1. The van der Waals surface area contributed by atoms with E-state index in [0.29, 0.717) is 24.5 Å². The molecular formula is C18H16FN5O3. The lowest BCUT2D eigenvalue weighted by Crippen LogP contribution is -2.15. The number of carbonyl (C=O) groups excluding carboxylic acids is 1. The molecule has 9 heteroatoms. The van der Waals surface area contributed by atoms with Gasteiger partial charge in [-0.05, 0) is 24.3 Å². The summed E-state index contributed by atoms with van der Waals surface area (Å²) in [5, 5.41) is 23.3. The van der Waals surface area contributed by atoms with Gasteiger partial charge in [-0.1, -0.05) is 0 Å². The SMILES string of the molecule is Cn1nc(C(=O)/C(=C/C=N)Nc2ccc(F)cc2C2OCCO2)cc1C#N. The summed E-state index contributed by atoms with van der Waals surface area (Å²) in [6, 6.07) is 7.25. The Bertz CT molecular complexity index is 954. The fourth-order valence-electron chi connectivity index (χ4n) is 2.60. The number of ether oxygens (including phenoxy) is 2. The van der Waals surface area contributed by atoms with Crippen LogP contribution in [0.2, 0.25) is 0 Å². The van der Waals surface area contributed by atoms with Crippen molar-refractivity contribution in [3.63, 3.8) is 0 Å². The second-order valence-corrected chi connectivity index (χ2v) is 5.66.